The van der Waals surface area contributed by atoms with Crippen molar-refractivity contribution in [3.63, 3.8) is 0 Å². The molecule has 2 N–H and O–H groups in total. The van der Waals surface area contributed by atoms with Crippen LogP contribution in [0.3, 0.4) is 0 Å². The molecule has 1 aliphatic rings. The molecule has 7 nitrogen and oxygen atoms in total. The molecule has 0 saturated carbocycles. The third kappa shape index (κ3) is 5.52. The summed E-state index contributed by atoms with van der Waals surface area (Å²) in [6.07, 6.45) is 1.73. The normalized spacial score (nSPS) is 16.1. The van der Waals surface area contributed by atoms with E-state index in [2.05, 4.69) is 20.8 Å². The summed E-state index contributed by atoms with van der Waals surface area (Å²) in [6, 6.07) is 13.7. The number of piperidine rings is 1. The fourth-order valence-corrected chi connectivity index (χ4v) is 4.52. The number of likely N-dealkylation sites (tertiary alicyclic amines) is 1. The highest BCUT2D eigenvalue weighted by atomic mass is 35.5. The molecule has 3 amide bonds. The molecule has 0 spiro atoms. The van der Waals surface area contributed by atoms with Crippen molar-refractivity contribution < 1.29 is 9.59 Å². The average molecular weight is 476 g/mol. The first-order valence-corrected chi connectivity index (χ1v) is 11.3. The Balaban J connectivity index is 1.38. The van der Waals surface area contributed by atoms with E-state index in [4.69, 9.17) is 23.2 Å². The molecule has 1 atom stereocenters. The predicted molar refractivity (Wildman–Crippen MR) is 123 cm³/mol. The number of anilines is 2. The number of aromatic nitrogens is 2. The number of halogens is 2. The highest BCUT2D eigenvalue weighted by Gasteiger charge is 2.28. The molecule has 2 aromatic carbocycles. The maximum atomic E-state index is 12.6. The van der Waals surface area contributed by atoms with Gasteiger partial charge in [-0.05, 0) is 55.3 Å². The molecule has 1 aliphatic heterocycles. The van der Waals surface area contributed by atoms with E-state index in [1.54, 1.807) is 53.4 Å². The van der Waals surface area contributed by atoms with Gasteiger partial charge in [0.15, 0.2) is 0 Å². The topological polar surface area (TPSA) is 87.2 Å². The van der Waals surface area contributed by atoms with Crippen molar-refractivity contribution in [1.82, 2.24) is 15.1 Å². The molecular formula is C21H19Cl2N5O2S. The summed E-state index contributed by atoms with van der Waals surface area (Å²) < 4.78 is 0. The van der Waals surface area contributed by atoms with Crippen LogP contribution < -0.4 is 10.6 Å². The van der Waals surface area contributed by atoms with Gasteiger partial charge in [-0.2, -0.15) is 0 Å². The number of hydrogen-bond acceptors (Lipinski definition) is 5. The smallest absolute Gasteiger partial charge is 0.321 e. The minimum atomic E-state index is -0.334. The van der Waals surface area contributed by atoms with E-state index < -0.39 is 0 Å². The van der Waals surface area contributed by atoms with Crippen LogP contribution in [0.2, 0.25) is 10.0 Å². The van der Waals surface area contributed by atoms with Crippen LogP contribution in [0.5, 0.6) is 0 Å². The lowest BCUT2D eigenvalue weighted by atomic mass is 9.99. The fourth-order valence-electron chi connectivity index (χ4n) is 3.34. The van der Waals surface area contributed by atoms with Crippen LogP contribution in [0.4, 0.5) is 16.2 Å². The molecule has 3 aromatic rings. The van der Waals surface area contributed by atoms with Crippen molar-refractivity contribution in [2.75, 3.05) is 23.7 Å². The molecule has 2 heterocycles. The van der Waals surface area contributed by atoms with Crippen LogP contribution in [0.1, 0.15) is 33.6 Å². The lowest BCUT2D eigenvalue weighted by Gasteiger charge is -2.31. The third-order valence-corrected chi connectivity index (χ3v) is 6.44. The second-order valence-corrected chi connectivity index (χ2v) is 9.01. The van der Waals surface area contributed by atoms with E-state index in [0.717, 1.165) is 17.8 Å². The molecule has 31 heavy (non-hydrogen) atoms. The summed E-state index contributed by atoms with van der Waals surface area (Å²) in [5.74, 6) is -0.297. The number of nitrogens with zero attached hydrogens (tertiary/aromatic N) is 3. The highest BCUT2D eigenvalue weighted by Crippen LogP contribution is 2.30. The van der Waals surface area contributed by atoms with E-state index in [9.17, 15) is 9.59 Å². The summed E-state index contributed by atoms with van der Waals surface area (Å²) in [5.41, 5.74) is 1.28. The summed E-state index contributed by atoms with van der Waals surface area (Å²) >= 11 is 13.1. The van der Waals surface area contributed by atoms with Crippen LogP contribution in [0.15, 0.2) is 48.5 Å². The van der Waals surface area contributed by atoms with Gasteiger partial charge >= 0.3 is 6.03 Å². The van der Waals surface area contributed by atoms with Crippen LogP contribution in [0, 0.1) is 0 Å². The minimum Gasteiger partial charge on any atom is -0.324 e. The van der Waals surface area contributed by atoms with Gasteiger partial charge in [-0.15, -0.1) is 10.2 Å². The van der Waals surface area contributed by atoms with E-state index in [-0.39, 0.29) is 22.9 Å². The standard InChI is InChI=1S/C21H19Cl2N5O2S/c22-14-6-8-16(9-7-14)25-21(30)28-10-2-3-13(12-28)19-26-27-20(31-19)18(29)24-17-5-1-4-15(23)11-17/h1,4-9,11,13H,2-3,10,12H2,(H,24,29)(H,25,30)/t13-/m1/s1. The quantitative estimate of drug-likeness (QED) is 0.520. The SMILES string of the molecule is O=C(Nc1cccc(Cl)c1)c1nnc([C@@H]2CCCN(C(=O)Nc3ccc(Cl)cc3)C2)s1. The zero-order valence-electron chi connectivity index (χ0n) is 16.3. The van der Waals surface area contributed by atoms with E-state index in [1.807, 2.05) is 0 Å². The molecule has 1 saturated heterocycles. The van der Waals surface area contributed by atoms with E-state index >= 15 is 0 Å². The lowest BCUT2D eigenvalue weighted by Crippen LogP contribution is -2.41. The maximum Gasteiger partial charge on any atom is 0.321 e. The van der Waals surface area contributed by atoms with Gasteiger partial charge < -0.3 is 15.5 Å². The summed E-state index contributed by atoms with van der Waals surface area (Å²) in [7, 11) is 0. The first-order valence-electron chi connectivity index (χ1n) is 9.70. The third-order valence-electron chi connectivity index (χ3n) is 4.87. The van der Waals surface area contributed by atoms with Crippen molar-refractivity contribution in [2.24, 2.45) is 0 Å². The first-order chi connectivity index (χ1) is 15.0. The van der Waals surface area contributed by atoms with Crippen LogP contribution in [0.25, 0.3) is 0 Å². The molecule has 10 heteroatoms. The first kappa shape index (κ1) is 21.5. The summed E-state index contributed by atoms with van der Waals surface area (Å²) in [5, 5.41) is 16.1. The van der Waals surface area contributed by atoms with Gasteiger partial charge in [-0.3, -0.25) is 4.79 Å². The zero-order chi connectivity index (χ0) is 21.8. The molecule has 0 radical (unpaired) electrons. The molecule has 1 aromatic heterocycles. The largest absolute Gasteiger partial charge is 0.324 e. The number of carbonyl (C=O) groups excluding carboxylic acids is 2. The molecule has 0 bridgehead atoms. The molecule has 1 fully saturated rings. The van der Waals surface area contributed by atoms with Crippen LogP contribution in [-0.4, -0.2) is 40.1 Å². The number of urea groups is 1. The molecular weight excluding hydrogens is 457 g/mol. The van der Waals surface area contributed by atoms with Gasteiger partial charge in [-0.1, -0.05) is 40.6 Å². The molecule has 0 unspecified atom stereocenters. The second kappa shape index (κ2) is 9.64. The number of amides is 3. The Labute approximate surface area is 193 Å². The second-order valence-electron chi connectivity index (χ2n) is 7.13. The lowest BCUT2D eigenvalue weighted by molar-refractivity contribution is 0.102. The summed E-state index contributed by atoms with van der Waals surface area (Å²) in [4.78, 5) is 26.9. The number of hydrogen-bond donors (Lipinski definition) is 2. The van der Waals surface area contributed by atoms with Crippen molar-refractivity contribution in [1.29, 1.82) is 0 Å². The minimum absolute atomic E-state index is 0.0370. The van der Waals surface area contributed by atoms with E-state index in [1.165, 1.54) is 11.3 Å². The Morgan fingerprint density at radius 1 is 1.00 bits per heavy atom. The number of rotatable bonds is 4. The van der Waals surface area contributed by atoms with Gasteiger partial charge in [-0.25, -0.2) is 4.79 Å². The van der Waals surface area contributed by atoms with Gasteiger partial charge in [0, 0.05) is 40.4 Å². The van der Waals surface area contributed by atoms with Gasteiger partial charge in [0.05, 0.1) is 0 Å². The monoisotopic (exact) mass is 475 g/mol. The predicted octanol–water partition coefficient (Wildman–Crippen LogP) is 5.51. The average Bonchev–Trinajstić information content (AvgIpc) is 3.26. The Kier molecular flexibility index (Phi) is 6.70. The van der Waals surface area contributed by atoms with Crippen molar-refractivity contribution in [2.45, 2.75) is 18.8 Å². The number of carbonyl (C=O) groups is 2. The Morgan fingerprint density at radius 3 is 2.58 bits per heavy atom. The number of nitrogens with one attached hydrogen (secondary N) is 2. The number of benzene rings is 2. The van der Waals surface area contributed by atoms with Crippen molar-refractivity contribution in [3.05, 3.63) is 68.6 Å². The van der Waals surface area contributed by atoms with Crippen molar-refractivity contribution >= 4 is 57.9 Å². The molecule has 0 aliphatic carbocycles. The Hall–Kier alpha value is -2.68. The zero-order valence-corrected chi connectivity index (χ0v) is 18.7. The summed E-state index contributed by atoms with van der Waals surface area (Å²) in [6.45, 7) is 1.18. The van der Waals surface area contributed by atoms with Crippen LogP contribution in [-0.2, 0) is 0 Å². The fraction of sp³-hybridized carbons (Fsp3) is 0.238. The molecule has 160 valence electrons. The van der Waals surface area contributed by atoms with Gasteiger partial charge in [0.2, 0.25) is 5.01 Å². The highest BCUT2D eigenvalue weighted by molar-refractivity contribution is 7.13. The maximum absolute atomic E-state index is 12.6. The van der Waals surface area contributed by atoms with E-state index in [0.29, 0.717) is 34.5 Å². The Morgan fingerprint density at radius 2 is 1.81 bits per heavy atom. The van der Waals surface area contributed by atoms with Gasteiger partial charge in [0.1, 0.15) is 5.01 Å². The molecule has 4 rings (SSSR count). The Bertz CT molecular complexity index is 1090. The van der Waals surface area contributed by atoms with Crippen molar-refractivity contribution in [3.8, 4) is 0 Å². The van der Waals surface area contributed by atoms with Crippen LogP contribution >= 0.6 is 34.5 Å². The van der Waals surface area contributed by atoms with Gasteiger partial charge in [0.25, 0.3) is 5.91 Å².